The molecule has 0 radical (unpaired) electrons. The number of hydrogen-bond donors (Lipinski definition) is 1. The normalized spacial score (nSPS) is 10.5. The van der Waals surface area contributed by atoms with Gasteiger partial charge in [-0.3, -0.25) is 4.79 Å². The Labute approximate surface area is 133 Å². The second-order valence-corrected chi connectivity index (χ2v) is 4.89. The summed E-state index contributed by atoms with van der Waals surface area (Å²) in [4.78, 5) is 16.2. The Balaban J connectivity index is 1.48. The molecule has 0 bridgehead atoms. The van der Waals surface area contributed by atoms with E-state index in [2.05, 4.69) is 10.3 Å². The first-order chi connectivity index (χ1) is 11.3. The van der Waals surface area contributed by atoms with Crippen molar-refractivity contribution < 1.29 is 14.3 Å². The lowest BCUT2D eigenvalue weighted by atomic mass is 10.2. The molecule has 0 saturated heterocycles. The van der Waals surface area contributed by atoms with E-state index in [1.807, 2.05) is 34.7 Å². The molecule has 0 atom stereocenters. The fraction of sp³-hybridized carbons (Fsp3) is 0.176. The van der Waals surface area contributed by atoms with Crippen LogP contribution in [0.2, 0.25) is 0 Å². The van der Waals surface area contributed by atoms with Gasteiger partial charge in [0, 0.05) is 18.6 Å². The molecule has 3 aromatic rings. The molecular weight excluding hydrogens is 294 g/mol. The molecule has 1 N–H and O–H groups in total. The first kappa shape index (κ1) is 14.9. The van der Waals surface area contributed by atoms with Gasteiger partial charge in [-0.15, -0.1) is 0 Å². The summed E-state index contributed by atoms with van der Waals surface area (Å²) in [6, 6.07) is 10.9. The van der Waals surface area contributed by atoms with Gasteiger partial charge in [-0.25, -0.2) is 4.98 Å². The molecule has 6 nitrogen and oxygen atoms in total. The van der Waals surface area contributed by atoms with E-state index in [0.29, 0.717) is 18.7 Å². The quantitative estimate of drug-likeness (QED) is 0.709. The number of hydrogen-bond acceptors (Lipinski definition) is 4. The van der Waals surface area contributed by atoms with E-state index in [4.69, 9.17) is 9.47 Å². The summed E-state index contributed by atoms with van der Waals surface area (Å²) in [6.45, 7) is 0.818. The van der Waals surface area contributed by atoms with Gasteiger partial charge >= 0.3 is 0 Å². The number of methoxy groups -OCH3 is 1. The highest BCUT2D eigenvalue weighted by molar-refractivity contribution is 5.94. The van der Waals surface area contributed by atoms with Gasteiger partial charge in [-0.05, 0) is 36.4 Å². The average Bonchev–Trinajstić information content (AvgIpc) is 3.06. The van der Waals surface area contributed by atoms with Crippen LogP contribution < -0.4 is 14.8 Å². The van der Waals surface area contributed by atoms with E-state index in [-0.39, 0.29) is 5.91 Å². The number of pyridine rings is 1. The van der Waals surface area contributed by atoms with Crippen molar-refractivity contribution in [3.63, 3.8) is 0 Å². The van der Waals surface area contributed by atoms with Crippen LogP contribution in [0.15, 0.2) is 55.0 Å². The standard InChI is InChI=1S/C17H17N3O3/c1-22-14-3-5-15(6-4-14)23-11-9-19-17(21)13-2-7-16-18-8-10-20(16)12-13/h2-8,10,12H,9,11H2,1H3,(H,19,21). The fourth-order valence-corrected chi connectivity index (χ4v) is 2.16. The summed E-state index contributed by atoms with van der Waals surface area (Å²) in [6.07, 6.45) is 5.25. The minimum Gasteiger partial charge on any atom is -0.497 e. The number of ether oxygens (including phenoxy) is 2. The minimum absolute atomic E-state index is 0.140. The number of aromatic nitrogens is 2. The molecule has 0 aliphatic carbocycles. The predicted molar refractivity (Wildman–Crippen MR) is 86.0 cm³/mol. The van der Waals surface area contributed by atoms with E-state index in [1.165, 1.54) is 0 Å². The van der Waals surface area contributed by atoms with Gasteiger partial charge < -0.3 is 19.2 Å². The van der Waals surface area contributed by atoms with Crippen LogP contribution in [-0.2, 0) is 0 Å². The SMILES string of the molecule is COc1ccc(OCCNC(=O)c2ccc3nccn3c2)cc1. The summed E-state index contributed by atoms with van der Waals surface area (Å²) in [5.41, 5.74) is 1.39. The lowest BCUT2D eigenvalue weighted by Gasteiger charge is -2.08. The zero-order valence-corrected chi connectivity index (χ0v) is 12.7. The molecule has 0 unspecified atom stereocenters. The number of imidazole rings is 1. The van der Waals surface area contributed by atoms with E-state index in [1.54, 1.807) is 31.8 Å². The number of carbonyl (C=O) groups excluding carboxylic acids is 1. The van der Waals surface area contributed by atoms with Crippen LogP contribution in [0.3, 0.4) is 0 Å². The molecule has 3 rings (SSSR count). The number of amides is 1. The highest BCUT2D eigenvalue weighted by atomic mass is 16.5. The van der Waals surface area contributed by atoms with Crippen LogP contribution >= 0.6 is 0 Å². The van der Waals surface area contributed by atoms with Gasteiger partial charge in [0.2, 0.25) is 0 Å². The van der Waals surface area contributed by atoms with Crippen molar-refractivity contribution in [2.45, 2.75) is 0 Å². The fourth-order valence-electron chi connectivity index (χ4n) is 2.16. The Morgan fingerprint density at radius 1 is 1.17 bits per heavy atom. The van der Waals surface area contributed by atoms with Crippen LogP contribution in [0.25, 0.3) is 5.65 Å². The molecule has 0 aliphatic heterocycles. The number of nitrogens with one attached hydrogen (secondary N) is 1. The number of nitrogens with zero attached hydrogens (tertiary/aromatic N) is 2. The van der Waals surface area contributed by atoms with Crippen LogP contribution in [0, 0.1) is 0 Å². The highest BCUT2D eigenvalue weighted by Crippen LogP contribution is 2.16. The molecule has 2 heterocycles. The Bertz CT molecular complexity index is 796. The number of benzene rings is 1. The van der Waals surface area contributed by atoms with Gasteiger partial charge in [0.1, 0.15) is 23.8 Å². The van der Waals surface area contributed by atoms with E-state index in [9.17, 15) is 4.79 Å². The number of carbonyl (C=O) groups is 1. The van der Waals surface area contributed by atoms with Gasteiger partial charge in [0.05, 0.1) is 19.2 Å². The lowest BCUT2D eigenvalue weighted by molar-refractivity contribution is 0.0946. The maximum absolute atomic E-state index is 12.1. The second-order valence-electron chi connectivity index (χ2n) is 4.89. The van der Waals surface area contributed by atoms with E-state index in [0.717, 1.165) is 17.1 Å². The average molecular weight is 311 g/mol. The van der Waals surface area contributed by atoms with Crippen molar-refractivity contribution in [3.8, 4) is 11.5 Å². The summed E-state index contributed by atoms with van der Waals surface area (Å²) in [5.74, 6) is 1.37. The third-order valence-electron chi connectivity index (χ3n) is 3.37. The third-order valence-corrected chi connectivity index (χ3v) is 3.37. The second kappa shape index (κ2) is 6.83. The van der Waals surface area contributed by atoms with Crippen molar-refractivity contribution in [1.82, 2.24) is 14.7 Å². The van der Waals surface area contributed by atoms with Crippen molar-refractivity contribution >= 4 is 11.6 Å². The summed E-state index contributed by atoms with van der Waals surface area (Å²) >= 11 is 0. The third kappa shape index (κ3) is 3.60. The molecule has 0 saturated carbocycles. The molecule has 1 aromatic carbocycles. The Kier molecular flexibility index (Phi) is 4.42. The van der Waals surface area contributed by atoms with Crippen molar-refractivity contribution in [2.75, 3.05) is 20.3 Å². The summed E-state index contributed by atoms with van der Waals surface area (Å²) in [7, 11) is 1.62. The number of rotatable bonds is 6. The molecule has 118 valence electrons. The van der Waals surface area contributed by atoms with E-state index >= 15 is 0 Å². The highest BCUT2D eigenvalue weighted by Gasteiger charge is 2.06. The Hall–Kier alpha value is -3.02. The van der Waals surface area contributed by atoms with Crippen LogP contribution in [0.5, 0.6) is 11.5 Å². The zero-order chi connectivity index (χ0) is 16.1. The molecule has 23 heavy (non-hydrogen) atoms. The smallest absolute Gasteiger partial charge is 0.252 e. The molecule has 0 fully saturated rings. The molecule has 6 heteroatoms. The van der Waals surface area contributed by atoms with Gasteiger partial charge in [0.25, 0.3) is 5.91 Å². The maximum atomic E-state index is 12.1. The van der Waals surface area contributed by atoms with Gasteiger partial charge in [-0.2, -0.15) is 0 Å². The first-order valence-electron chi connectivity index (χ1n) is 7.24. The summed E-state index contributed by atoms with van der Waals surface area (Å²) < 4.78 is 12.5. The minimum atomic E-state index is -0.140. The van der Waals surface area contributed by atoms with Crippen LogP contribution in [-0.4, -0.2) is 35.6 Å². The topological polar surface area (TPSA) is 64.9 Å². The van der Waals surface area contributed by atoms with Crippen molar-refractivity contribution in [3.05, 3.63) is 60.6 Å². The maximum Gasteiger partial charge on any atom is 0.252 e. The number of fused-ring (bicyclic) bond motifs is 1. The van der Waals surface area contributed by atoms with Crippen molar-refractivity contribution in [1.29, 1.82) is 0 Å². The zero-order valence-electron chi connectivity index (χ0n) is 12.7. The predicted octanol–water partition coefficient (Wildman–Crippen LogP) is 2.15. The van der Waals surface area contributed by atoms with Crippen molar-refractivity contribution in [2.24, 2.45) is 0 Å². The first-order valence-corrected chi connectivity index (χ1v) is 7.24. The van der Waals surface area contributed by atoms with Crippen LogP contribution in [0.1, 0.15) is 10.4 Å². The van der Waals surface area contributed by atoms with Crippen LogP contribution in [0.4, 0.5) is 0 Å². The van der Waals surface area contributed by atoms with Gasteiger partial charge in [0.15, 0.2) is 0 Å². The summed E-state index contributed by atoms with van der Waals surface area (Å²) in [5, 5.41) is 2.83. The Morgan fingerprint density at radius 3 is 2.74 bits per heavy atom. The molecule has 2 aromatic heterocycles. The van der Waals surface area contributed by atoms with E-state index < -0.39 is 0 Å². The monoisotopic (exact) mass is 311 g/mol. The molecule has 1 amide bonds. The molecule has 0 aliphatic rings. The molecular formula is C17H17N3O3. The largest absolute Gasteiger partial charge is 0.497 e. The lowest BCUT2D eigenvalue weighted by Crippen LogP contribution is -2.28. The van der Waals surface area contributed by atoms with Gasteiger partial charge in [-0.1, -0.05) is 0 Å². The molecule has 0 spiro atoms. The Morgan fingerprint density at radius 2 is 1.96 bits per heavy atom.